The van der Waals surface area contributed by atoms with E-state index >= 15 is 0 Å². The number of aromatic nitrogens is 3. The van der Waals surface area contributed by atoms with Crippen molar-refractivity contribution in [3.05, 3.63) is 81.9 Å². The number of pyridine rings is 2. The number of carbonyl (C=O) groups excluding carboxylic acids is 2. The van der Waals surface area contributed by atoms with Crippen molar-refractivity contribution in [1.29, 1.82) is 0 Å². The minimum atomic E-state index is -0.578. The summed E-state index contributed by atoms with van der Waals surface area (Å²) in [7, 11) is 0. The molecule has 218 valence electrons. The second-order valence-corrected chi connectivity index (χ2v) is 12.7. The Balaban J connectivity index is 1.42. The number of fused-ring (bicyclic) bond motifs is 2. The number of rotatable bonds is 3. The van der Waals surface area contributed by atoms with Crippen molar-refractivity contribution < 1.29 is 14.3 Å². The summed E-state index contributed by atoms with van der Waals surface area (Å²) in [6.07, 6.45) is 6.09. The molecular weight excluding hydrogens is 526 g/mol. The van der Waals surface area contributed by atoms with Gasteiger partial charge in [-0.25, -0.2) is 9.78 Å². The Labute approximate surface area is 247 Å². The first kappa shape index (κ1) is 27.9. The molecule has 0 spiro atoms. The van der Waals surface area contributed by atoms with E-state index in [0.29, 0.717) is 25.2 Å². The number of H-pyrrole nitrogens is 1. The fourth-order valence-corrected chi connectivity index (χ4v) is 6.40. The van der Waals surface area contributed by atoms with Crippen molar-refractivity contribution in [1.82, 2.24) is 24.8 Å². The van der Waals surface area contributed by atoms with Gasteiger partial charge >= 0.3 is 6.09 Å². The number of hydrogen-bond acceptors (Lipinski definition) is 5. The van der Waals surface area contributed by atoms with Crippen LogP contribution in [0, 0.1) is 20.8 Å². The number of hydrogen-bond donors (Lipinski definition) is 1. The summed E-state index contributed by atoms with van der Waals surface area (Å²) in [6.45, 7) is 13.4. The fourth-order valence-electron chi connectivity index (χ4n) is 6.40. The van der Waals surface area contributed by atoms with E-state index in [2.05, 4.69) is 40.1 Å². The molecule has 6 rings (SSSR count). The number of likely N-dealkylation sites (tertiary alicyclic amines) is 1. The molecule has 42 heavy (non-hydrogen) atoms. The molecule has 0 aliphatic carbocycles. The predicted molar refractivity (Wildman–Crippen MR) is 163 cm³/mol. The normalized spacial score (nSPS) is 17.0. The van der Waals surface area contributed by atoms with Crippen molar-refractivity contribution in [2.24, 2.45) is 0 Å². The third-order valence-corrected chi connectivity index (χ3v) is 8.30. The molecule has 1 aromatic carbocycles. The van der Waals surface area contributed by atoms with Gasteiger partial charge in [0.25, 0.3) is 5.91 Å². The number of nitrogens with zero attached hydrogens (tertiary/aromatic N) is 4. The summed E-state index contributed by atoms with van der Waals surface area (Å²) in [5.41, 5.74) is 9.35. The molecule has 4 aromatic rings. The van der Waals surface area contributed by atoms with E-state index in [9.17, 15) is 9.59 Å². The van der Waals surface area contributed by atoms with Gasteiger partial charge in [0.15, 0.2) is 0 Å². The summed E-state index contributed by atoms with van der Waals surface area (Å²) in [4.78, 5) is 43.2. The van der Waals surface area contributed by atoms with Crippen LogP contribution in [0.3, 0.4) is 0 Å². The standard InChI is InChI=1S/C34H39N5O3/c1-20-17-35-31-27(20)16-26(18-36-31)24-14-23-9-11-38(32(40)25-12-21(2)37-22(3)13-25)19-29(23)28(15-24)30-8-7-10-39(30)33(41)42-34(4,5)6/h12-18,30H,7-11,19H2,1-6H3,(H,35,36). The number of aromatic amines is 1. The summed E-state index contributed by atoms with van der Waals surface area (Å²) >= 11 is 0. The average Bonchev–Trinajstić information content (AvgIpc) is 3.57. The van der Waals surface area contributed by atoms with E-state index in [0.717, 1.165) is 69.5 Å². The summed E-state index contributed by atoms with van der Waals surface area (Å²) in [5.74, 6) is 0.0114. The lowest BCUT2D eigenvalue weighted by Gasteiger charge is -2.35. The van der Waals surface area contributed by atoms with Crippen LogP contribution in [0.1, 0.15) is 83.7 Å². The zero-order valence-electron chi connectivity index (χ0n) is 25.4. The molecule has 1 unspecified atom stereocenters. The monoisotopic (exact) mass is 565 g/mol. The number of ether oxygens (including phenoxy) is 1. The molecule has 1 N–H and O–H groups in total. The lowest BCUT2D eigenvalue weighted by Crippen LogP contribution is -2.39. The number of amides is 2. The third kappa shape index (κ3) is 5.38. The first-order chi connectivity index (χ1) is 20.0. The highest BCUT2D eigenvalue weighted by Crippen LogP contribution is 2.40. The van der Waals surface area contributed by atoms with Crippen molar-refractivity contribution in [2.75, 3.05) is 13.1 Å². The van der Waals surface area contributed by atoms with Gasteiger partial charge in [0.1, 0.15) is 11.2 Å². The molecule has 1 atom stereocenters. The molecule has 0 saturated carbocycles. The highest BCUT2D eigenvalue weighted by Gasteiger charge is 2.36. The maximum absolute atomic E-state index is 13.7. The molecule has 8 nitrogen and oxygen atoms in total. The topological polar surface area (TPSA) is 91.4 Å². The molecule has 8 heteroatoms. The van der Waals surface area contributed by atoms with Crippen LogP contribution < -0.4 is 0 Å². The number of benzene rings is 1. The second-order valence-electron chi connectivity index (χ2n) is 12.7. The summed E-state index contributed by atoms with van der Waals surface area (Å²) in [6, 6.07) is 10.3. The van der Waals surface area contributed by atoms with Crippen molar-refractivity contribution >= 4 is 23.0 Å². The zero-order chi connectivity index (χ0) is 29.8. The molecule has 1 fully saturated rings. The van der Waals surface area contributed by atoms with Crippen LogP contribution in [-0.4, -0.2) is 55.4 Å². The molecule has 5 heterocycles. The zero-order valence-corrected chi connectivity index (χ0v) is 25.4. The van der Waals surface area contributed by atoms with Crippen molar-refractivity contribution in [2.45, 2.75) is 79.0 Å². The van der Waals surface area contributed by atoms with Crippen LogP contribution in [0.15, 0.2) is 42.7 Å². The molecule has 2 amide bonds. The quantitative estimate of drug-likeness (QED) is 0.294. The van der Waals surface area contributed by atoms with Crippen LogP contribution in [-0.2, 0) is 17.7 Å². The molecule has 2 aliphatic rings. The number of carbonyl (C=O) groups is 2. The van der Waals surface area contributed by atoms with Gasteiger partial charge in [-0.05, 0) is 113 Å². The predicted octanol–water partition coefficient (Wildman–Crippen LogP) is 6.82. The highest BCUT2D eigenvalue weighted by molar-refractivity contribution is 5.94. The highest BCUT2D eigenvalue weighted by atomic mass is 16.6. The second kappa shape index (κ2) is 10.6. The number of aryl methyl sites for hydroxylation is 3. The van der Waals surface area contributed by atoms with Gasteiger partial charge in [-0.1, -0.05) is 6.07 Å². The summed E-state index contributed by atoms with van der Waals surface area (Å²) in [5, 5.41) is 1.10. The molecule has 0 radical (unpaired) electrons. The average molecular weight is 566 g/mol. The maximum atomic E-state index is 13.7. The van der Waals surface area contributed by atoms with E-state index in [-0.39, 0.29) is 18.0 Å². The van der Waals surface area contributed by atoms with E-state index in [1.54, 1.807) is 0 Å². The van der Waals surface area contributed by atoms with E-state index in [1.807, 2.05) is 68.9 Å². The lowest BCUT2D eigenvalue weighted by molar-refractivity contribution is 0.0222. The Hall–Kier alpha value is -4.20. The largest absolute Gasteiger partial charge is 0.444 e. The minimum Gasteiger partial charge on any atom is -0.444 e. The SMILES string of the molecule is Cc1cc(C(=O)N2CCc3cc(-c4cnc5[nH]cc(C)c5c4)cc(C4CCCN4C(=O)OC(C)(C)C)c3C2)cc(C)n1. The van der Waals surface area contributed by atoms with Gasteiger partial charge in [0.05, 0.1) is 6.04 Å². The molecule has 1 saturated heterocycles. The Morgan fingerprint density at radius 1 is 1.00 bits per heavy atom. The van der Waals surface area contributed by atoms with Gasteiger partial charge in [-0.15, -0.1) is 0 Å². The van der Waals surface area contributed by atoms with Crippen LogP contribution in [0.4, 0.5) is 4.79 Å². The Kier molecular flexibility index (Phi) is 7.03. The summed E-state index contributed by atoms with van der Waals surface area (Å²) < 4.78 is 5.83. The van der Waals surface area contributed by atoms with Gasteiger partial charge in [-0.2, -0.15) is 0 Å². The minimum absolute atomic E-state index is 0.0114. The van der Waals surface area contributed by atoms with Crippen LogP contribution in [0.25, 0.3) is 22.2 Å². The number of nitrogens with one attached hydrogen (secondary N) is 1. The van der Waals surface area contributed by atoms with Crippen molar-refractivity contribution in [3.8, 4) is 11.1 Å². The Morgan fingerprint density at radius 3 is 2.50 bits per heavy atom. The van der Waals surface area contributed by atoms with Crippen molar-refractivity contribution in [3.63, 3.8) is 0 Å². The van der Waals surface area contributed by atoms with Gasteiger partial charge < -0.3 is 19.5 Å². The molecular formula is C34H39N5O3. The van der Waals surface area contributed by atoms with Crippen LogP contribution in [0.2, 0.25) is 0 Å². The van der Waals surface area contributed by atoms with Crippen LogP contribution >= 0.6 is 0 Å². The van der Waals surface area contributed by atoms with Gasteiger partial charge in [0.2, 0.25) is 0 Å². The third-order valence-electron chi connectivity index (χ3n) is 8.30. The van der Waals surface area contributed by atoms with Crippen LogP contribution in [0.5, 0.6) is 0 Å². The smallest absolute Gasteiger partial charge is 0.410 e. The first-order valence-corrected chi connectivity index (χ1v) is 14.8. The van der Waals surface area contributed by atoms with E-state index in [4.69, 9.17) is 4.74 Å². The Bertz CT molecular complexity index is 1680. The fraction of sp³-hybridized carbons (Fsp3) is 0.412. The first-order valence-electron chi connectivity index (χ1n) is 14.8. The molecule has 2 aliphatic heterocycles. The Morgan fingerprint density at radius 2 is 1.76 bits per heavy atom. The molecule has 0 bridgehead atoms. The maximum Gasteiger partial charge on any atom is 0.410 e. The van der Waals surface area contributed by atoms with E-state index < -0.39 is 5.60 Å². The van der Waals surface area contributed by atoms with Gasteiger partial charge in [-0.3, -0.25) is 9.78 Å². The lowest BCUT2D eigenvalue weighted by atomic mass is 9.86. The van der Waals surface area contributed by atoms with E-state index in [1.165, 1.54) is 5.56 Å². The molecule has 3 aromatic heterocycles. The van der Waals surface area contributed by atoms with Gasteiger partial charge in [0, 0.05) is 59.9 Å².